The number of hydrogen-bond donors (Lipinski definition) is 1. The van der Waals surface area contributed by atoms with Gasteiger partial charge in [-0.2, -0.15) is 0 Å². The molecule has 0 unspecified atom stereocenters. The third-order valence-electron chi connectivity index (χ3n) is 5.71. The number of hydrogen-bond acceptors (Lipinski definition) is 6. The van der Waals surface area contributed by atoms with E-state index < -0.39 is 9.84 Å². The van der Waals surface area contributed by atoms with E-state index in [9.17, 15) is 13.2 Å². The Kier molecular flexibility index (Phi) is 5.70. The number of rotatable bonds is 6. The molecule has 4 rings (SSSR count). The van der Waals surface area contributed by atoms with Crippen LogP contribution in [0.3, 0.4) is 0 Å². The van der Waals surface area contributed by atoms with Crippen LogP contribution >= 0.6 is 0 Å². The fourth-order valence-electron chi connectivity index (χ4n) is 4.11. The number of aryl methyl sites for hydroxylation is 2. The number of benzene rings is 1. The number of nitrogens with zero attached hydrogens (tertiary/aromatic N) is 3. The Morgan fingerprint density at radius 2 is 2.16 bits per heavy atom. The molecule has 1 aliphatic rings. The summed E-state index contributed by atoms with van der Waals surface area (Å²) in [6.45, 7) is 2.10. The lowest BCUT2D eigenvalue weighted by Crippen LogP contribution is -2.26. The molecule has 1 fully saturated rings. The molecule has 0 saturated carbocycles. The summed E-state index contributed by atoms with van der Waals surface area (Å²) in [7, 11) is 0.617. The molecule has 1 aromatic carbocycles. The van der Waals surface area contributed by atoms with Gasteiger partial charge in [-0.25, -0.2) is 18.4 Å². The van der Waals surface area contributed by atoms with Crippen molar-refractivity contribution >= 4 is 26.6 Å². The number of nitrogens with one attached hydrogen (secondary N) is 1. The van der Waals surface area contributed by atoms with Crippen LogP contribution in [0.25, 0.3) is 22.2 Å². The minimum Gasteiger partial charge on any atom is -0.497 e. The molecular formula is C22H26N4O4S. The van der Waals surface area contributed by atoms with E-state index in [-0.39, 0.29) is 36.3 Å². The Labute approximate surface area is 181 Å². The Morgan fingerprint density at radius 1 is 1.35 bits per heavy atom. The van der Waals surface area contributed by atoms with Gasteiger partial charge in [-0.1, -0.05) is 0 Å². The summed E-state index contributed by atoms with van der Waals surface area (Å²) in [5.74, 6) is 1.40. The van der Waals surface area contributed by atoms with Gasteiger partial charge in [0, 0.05) is 54.4 Å². The van der Waals surface area contributed by atoms with Gasteiger partial charge in [0.25, 0.3) is 0 Å². The minimum absolute atomic E-state index is 0.0944. The van der Waals surface area contributed by atoms with E-state index in [0.29, 0.717) is 12.2 Å². The van der Waals surface area contributed by atoms with Crippen molar-refractivity contribution in [2.75, 3.05) is 18.6 Å². The largest absolute Gasteiger partial charge is 0.497 e. The van der Waals surface area contributed by atoms with Crippen molar-refractivity contribution in [1.29, 1.82) is 0 Å². The summed E-state index contributed by atoms with van der Waals surface area (Å²) in [5, 5.41) is 3.92. The highest BCUT2D eigenvalue weighted by atomic mass is 32.2. The monoisotopic (exact) mass is 442 g/mol. The second-order valence-electron chi connectivity index (χ2n) is 8.08. The number of methoxy groups -OCH3 is 1. The molecule has 0 aliphatic carbocycles. The third kappa shape index (κ3) is 4.56. The first-order valence-corrected chi connectivity index (χ1v) is 12.0. The number of fused-ring (bicyclic) bond motifs is 1. The minimum atomic E-state index is -2.99. The molecule has 2 aromatic heterocycles. The molecular weight excluding hydrogens is 416 g/mol. The highest BCUT2D eigenvalue weighted by Crippen LogP contribution is 2.33. The van der Waals surface area contributed by atoms with Crippen LogP contribution < -0.4 is 10.1 Å². The van der Waals surface area contributed by atoms with Gasteiger partial charge in [0.1, 0.15) is 11.6 Å². The van der Waals surface area contributed by atoms with Crippen LogP contribution in [0.5, 0.6) is 5.75 Å². The predicted octanol–water partition coefficient (Wildman–Crippen LogP) is 2.39. The number of ether oxygens (including phenoxy) is 1. The van der Waals surface area contributed by atoms with Crippen molar-refractivity contribution < 1.29 is 17.9 Å². The standard InChI is InChI=1S/C22H26N4O4S/c1-14-23-10-16(11-24-21(27)8-15-6-7-31(28,29)13-15)22(25-14)19-12-26(2)20-5-4-17(30-3)9-18(19)20/h4-5,9-10,12,15H,6-8,11,13H2,1-3H3,(H,24,27)/t15-/m1/s1. The molecule has 1 atom stereocenters. The molecule has 0 bridgehead atoms. The van der Waals surface area contributed by atoms with Gasteiger partial charge in [-0.05, 0) is 37.5 Å². The topological polar surface area (TPSA) is 103 Å². The summed E-state index contributed by atoms with van der Waals surface area (Å²) in [5.41, 5.74) is 3.54. The van der Waals surface area contributed by atoms with Crippen molar-refractivity contribution in [3.05, 3.63) is 42.0 Å². The average Bonchev–Trinajstić information content (AvgIpc) is 3.25. The number of aromatic nitrogens is 3. The van der Waals surface area contributed by atoms with E-state index in [1.165, 1.54) is 0 Å². The summed E-state index contributed by atoms with van der Waals surface area (Å²) in [6.07, 6.45) is 4.51. The van der Waals surface area contributed by atoms with Gasteiger partial charge in [0.15, 0.2) is 9.84 Å². The Morgan fingerprint density at radius 3 is 2.87 bits per heavy atom. The van der Waals surface area contributed by atoms with Crippen LogP contribution in [-0.4, -0.2) is 47.5 Å². The third-order valence-corrected chi connectivity index (χ3v) is 7.55. The van der Waals surface area contributed by atoms with Gasteiger partial charge in [-0.15, -0.1) is 0 Å². The lowest BCUT2D eigenvalue weighted by Gasteiger charge is -2.12. The molecule has 1 aliphatic heterocycles. The Balaban J connectivity index is 1.59. The number of carbonyl (C=O) groups is 1. The molecule has 9 heteroatoms. The molecule has 1 N–H and O–H groups in total. The van der Waals surface area contributed by atoms with Gasteiger partial charge >= 0.3 is 0 Å². The Hall–Kier alpha value is -2.94. The van der Waals surface area contributed by atoms with Crippen molar-refractivity contribution in [2.45, 2.75) is 26.3 Å². The van der Waals surface area contributed by atoms with E-state index in [2.05, 4.69) is 15.3 Å². The van der Waals surface area contributed by atoms with Crippen LogP contribution in [0.4, 0.5) is 0 Å². The van der Waals surface area contributed by atoms with Crippen LogP contribution in [0, 0.1) is 12.8 Å². The highest BCUT2D eigenvalue weighted by molar-refractivity contribution is 7.91. The van der Waals surface area contributed by atoms with Crippen LogP contribution in [0.15, 0.2) is 30.6 Å². The van der Waals surface area contributed by atoms with E-state index in [1.54, 1.807) is 13.3 Å². The van der Waals surface area contributed by atoms with E-state index in [0.717, 1.165) is 33.5 Å². The normalized spacial score (nSPS) is 17.7. The van der Waals surface area contributed by atoms with Crippen molar-refractivity contribution in [3.63, 3.8) is 0 Å². The summed E-state index contributed by atoms with van der Waals surface area (Å²) in [6, 6.07) is 5.90. The maximum atomic E-state index is 12.4. The van der Waals surface area contributed by atoms with Crippen LogP contribution in [-0.2, 0) is 28.2 Å². The van der Waals surface area contributed by atoms with Gasteiger partial charge in [0.2, 0.25) is 5.91 Å². The SMILES string of the molecule is COc1ccc2c(c1)c(-c1nc(C)ncc1CNC(=O)C[C@H]1CCS(=O)(=O)C1)cn2C. The Bertz CT molecular complexity index is 1250. The lowest BCUT2D eigenvalue weighted by molar-refractivity contribution is -0.122. The van der Waals surface area contributed by atoms with Gasteiger partial charge < -0.3 is 14.6 Å². The summed E-state index contributed by atoms with van der Waals surface area (Å²) < 4.78 is 30.7. The molecule has 164 valence electrons. The number of sulfone groups is 1. The van der Waals surface area contributed by atoms with E-state index >= 15 is 0 Å². The van der Waals surface area contributed by atoms with Crippen LogP contribution in [0.1, 0.15) is 24.2 Å². The lowest BCUT2D eigenvalue weighted by atomic mass is 10.0. The fourth-order valence-corrected chi connectivity index (χ4v) is 5.97. The first kappa shape index (κ1) is 21.3. The molecule has 1 amide bonds. The second-order valence-corrected chi connectivity index (χ2v) is 10.3. The smallest absolute Gasteiger partial charge is 0.220 e. The van der Waals surface area contributed by atoms with Crippen molar-refractivity contribution in [2.24, 2.45) is 13.0 Å². The van der Waals surface area contributed by atoms with Gasteiger partial charge in [-0.3, -0.25) is 4.79 Å². The van der Waals surface area contributed by atoms with Gasteiger partial charge in [0.05, 0.1) is 24.3 Å². The molecule has 0 spiro atoms. The fraction of sp³-hybridized carbons (Fsp3) is 0.409. The van der Waals surface area contributed by atoms with Crippen molar-refractivity contribution in [3.8, 4) is 17.0 Å². The summed E-state index contributed by atoms with van der Waals surface area (Å²) in [4.78, 5) is 21.4. The number of amides is 1. The van der Waals surface area contributed by atoms with Crippen LogP contribution in [0.2, 0.25) is 0 Å². The number of carbonyl (C=O) groups excluding carboxylic acids is 1. The zero-order chi connectivity index (χ0) is 22.2. The maximum absolute atomic E-state index is 12.4. The zero-order valence-corrected chi connectivity index (χ0v) is 18.7. The first-order chi connectivity index (χ1) is 14.8. The molecule has 0 radical (unpaired) electrons. The van der Waals surface area contributed by atoms with E-state index in [1.807, 2.05) is 42.9 Å². The quantitative estimate of drug-likeness (QED) is 0.629. The first-order valence-electron chi connectivity index (χ1n) is 10.2. The molecule has 1 saturated heterocycles. The zero-order valence-electron chi connectivity index (χ0n) is 17.9. The van der Waals surface area contributed by atoms with Crippen molar-refractivity contribution in [1.82, 2.24) is 19.9 Å². The van der Waals surface area contributed by atoms with E-state index in [4.69, 9.17) is 4.74 Å². The molecule has 8 nitrogen and oxygen atoms in total. The predicted molar refractivity (Wildman–Crippen MR) is 118 cm³/mol. The maximum Gasteiger partial charge on any atom is 0.220 e. The molecule has 3 heterocycles. The highest BCUT2D eigenvalue weighted by Gasteiger charge is 2.29. The molecule has 3 aromatic rings. The summed E-state index contributed by atoms with van der Waals surface area (Å²) >= 11 is 0. The second kappa shape index (κ2) is 8.30. The molecule has 31 heavy (non-hydrogen) atoms. The average molecular weight is 443 g/mol.